The monoisotopic (exact) mass is 430 g/mol. The number of nitrogens with one attached hydrogen (secondary N) is 3. The third kappa shape index (κ3) is 4.64. The van der Waals surface area contributed by atoms with Crippen molar-refractivity contribution < 1.29 is 10.0 Å². The van der Waals surface area contributed by atoms with E-state index in [9.17, 15) is 15.2 Å². The van der Waals surface area contributed by atoms with Crippen molar-refractivity contribution in [2.45, 2.75) is 26.1 Å². The first-order chi connectivity index (χ1) is 15.6. The van der Waals surface area contributed by atoms with Gasteiger partial charge in [0.1, 0.15) is 0 Å². The van der Waals surface area contributed by atoms with Crippen LogP contribution in [0.4, 0.5) is 17.1 Å². The molecule has 0 aromatic heterocycles. The molecule has 0 saturated carbocycles. The maximum Gasteiger partial charge on any atom is 0.270 e. The molecule has 0 amide bonds. The molecule has 1 unspecified atom stereocenters. The maximum absolute atomic E-state index is 11.3. The largest absolute Gasteiger partial charge is 0.369 e. The molecule has 4 rings (SSSR count). The lowest BCUT2D eigenvalue weighted by molar-refractivity contribution is -0.384. The summed E-state index contributed by atoms with van der Waals surface area (Å²) in [4.78, 5) is 10.9. The normalized spacial score (nSPS) is 16.2. The Kier molecular flexibility index (Phi) is 6.49. The van der Waals surface area contributed by atoms with Crippen LogP contribution in [0.3, 0.4) is 0 Å². The number of anilines is 2. The van der Waals surface area contributed by atoms with Crippen molar-refractivity contribution in [3.63, 3.8) is 0 Å². The van der Waals surface area contributed by atoms with Crippen molar-refractivity contribution in [3.05, 3.63) is 99.6 Å². The average Bonchev–Trinajstić information content (AvgIpc) is 3.14. The number of hydrogen-bond donors (Lipinski definition) is 4. The predicted octanol–water partition coefficient (Wildman–Crippen LogP) is 4.82. The molecule has 0 saturated heterocycles. The molecule has 1 heterocycles. The molecule has 1 atom stereocenters. The maximum atomic E-state index is 11.3. The molecular weight excluding hydrogens is 404 g/mol. The van der Waals surface area contributed by atoms with Crippen molar-refractivity contribution in [1.82, 2.24) is 5.32 Å². The van der Waals surface area contributed by atoms with Crippen LogP contribution >= 0.6 is 0 Å². The summed E-state index contributed by atoms with van der Waals surface area (Å²) in [5.41, 5.74) is 5.43. The lowest BCUT2D eigenvalue weighted by atomic mass is 9.99. The Labute approximate surface area is 187 Å². The van der Waals surface area contributed by atoms with Crippen LogP contribution in [0.5, 0.6) is 0 Å². The highest BCUT2D eigenvalue weighted by Crippen LogP contribution is 2.41. The molecule has 1 aliphatic heterocycles. The summed E-state index contributed by atoms with van der Waals surface area (Å²) in [6.45, 7) is 3.92. The van der Waals surface area contributed by atoms with Crippen LogP contribution in [0.25, 0.3) is 11.3 Å². The van der Waals surface area contributed by atoms with Gasteiger partial charge in [0, 0.05) is 41.2 Å². The van der Waals surface area contributed by atoms with Gasteiger partial charge < -0.3 is 21.1 Å². The lowest BCUT2D eigenvalue weighted by Gasteiger charge is -2.18. The minimum absolute atomic E-state index is 0.0199. The number of nitrogens with zero attached hydrogens (tertiary/aromatic N) is 1. The first-order valence-electron chi connectivity index (χ1n) is 10.7. The van der Waals surface area contributed by atoms with E-state index in [1.165, 1.54) is 17.7 Å². The fourth-order valence-electron chi connectivity index (χ4n) is 3.79. The summed E-state index contributed by atoms with van der Waals surface area (Å²) >= 11 is 0. The van der Waals surface area contributed by atoms with E-state index >= 15 is 0 Å². The van der Waals surface area contributed by atoms with Crippen molar-refractivity contribution in [2.24, 2.45) is 0 Å². The third-order valence-electron chi connectivity index (χ3n) is 5.38. The Bertz CT molecular complexity index is 1130. The molecule has 7 heteroatoms. The highest BCUT2D eigenvalue weighted by molar-refractivity contribution is 6.03. The zero-order chi connectivity index (χ0) is 22.5. The molecular formula is C25H26N4O3. The molecule has 0 fully saturated rings. The van der Waals surface area contributed by atoms with Crippen molar-refractivity contribution in [3.8, 4) is 0 Å². The number of nitro benzene ring substituents is 1. The van der Waals surface area contributed by atoms with E-state index < -0.39 is 11.2 Å². The van der Waals surface area contributed by atoms with Crippen molar-refractivity contribution in [1.29, 1.82) is 0 Å². The fraction of sp³-hybridized carbons (Fsp3) is 0.200. The van der Waals surface area contributed by atoms with E-state index in [1.807, 2.05) is 42.5 Å². The first kappa shape index (κ1) is 21.5. The Balaban J connectivity index is 1.74. The summed E-state index contributed by atoms with van der Waals surface area (Å²) in [5.74, 6) is 0. The number of fused-ring (bicyclic) bond motifs is 1. The predicted molar refractivity (Wildman–Crippen MR) is 128 cm³/mol. The van der Waals surface area contributed by atoms with Gasteiger partial charge in [-0.05, 0) is 42.3 Å². The van der Waals surface area contributed by atoms with Crippen LogP contribution in [0.1, 0.15) is 30.0 Å². The summed E-state index contributed by atoms with van der Waals surface area (Å²) in [6, 6.07) is 22.3. The van der Waals surface area contributed by atoms with Crippen LogP contribution in [0.2, 0.25) is 0 Å². The van der Waals surface area contributed by atoms with E-state index in [0.29, 0.717) is 22.5 Å². The number of hydrogen-bond acceptors (Lipinski definition) is 6. The van der Waals surface area contributed by atoms with Gasteiger partial charge in [-0.25, -0.2) is 0 Å². The highest BCUT2D eigenvalue weighted by atomic mass is 16.6. The molecule has 3 aromatic carbocycles. The number of aliphatic hydroxyl groups is 1. The summed E-state index contributed by atoms with van der Waals surface area (Å²) in [5, 5.41) is 32.0. The molecule has 4 N–H and O–H groups in total. The molecule has 3 aromatic rings. The molecule has 0 spiro atoms. The number of nitro groups is 1. The first-order valence-corrected chi connectivity index (χ1v) is 10.7. The molecule has 0 bridgehead atoms. The van der Waals surface area contributed by atoms with Gasteiger partial charge in [-0.3, -0.25) is 10.1 Å². The van der Waals surface area contributed by atoms with Gasteiger partial charge in [0.05, 0.1) is 10.6 Å². The lowest BCUT2D eigenvalue weighted by Crippen LogP contribution is -2.16. The average molecular weight is 431 g/mol. The minimum atomic E-state index is -0.993. The van der Waals surface area contributed by atoms with Crippen LogP contribution in [0, 0.1) is 10.1 Å². The summed E-state index contributed by atoms with van der Waals surface area (Å²) in [6.07, 6.45) is 0.0936. The van der Waals surface area contributed by atoms with Crippen LogP contribution in [-0.4, -0.2) is 22.8 Å². The molecule has 164 valence electrons. The van der Waals surface area contributed by atoms with E-state index in [4.69, 9.17) is 0 Å². The van der Waals surface area contributed by atoms with Crippen LogP contribution in [-0.2, 0) is 6.54 Å². The molecule has 0 aliphatic carbocycles. The zero-order valence-corrected chi connectivity index (χ0v) is 17.8. The van der Waals surface area contributed by atoms with E-state index in [2.05, 4.69) is 35.0 Å². The standard InChI is InChI=1S/C25H26N4O3/c1-2-14-26-16-17-8-10-19(11-9-17)27-24(18-6-4-3-5-7-18)23-21-15-20(29(31)32)12-13-22(21)28-25(23)30/h3-13,15,25-28,30H,2,14,16H2,1H3/b24-23-. The van der Waals surface area contributed by atoms with Crippen molar-refractivity contribution >= 4 is 28.3 Å². The van der Waals surface area contributed by atoms with Gasteiger partial charge >= 0.3 is 0 Å². The second kappa shape index (κ2) is 9.64. The smallest absolute Gasteiger partial charge is 0.270 e. The van der Waals surface area contributed by atoms with Gasteiger partial charge in [0.2, 0.25) is 0 Å². The highest BCUT2D eigenvalue weighted by Gasteiger charge is 2.30. The van der Waals surface area contributed by atoms with Crippen molar-refractivity contribution in [2.75, 3.05) is 17.2 Å². The van der Waals surface area contributed by atoms with Gasteiger partial charge in [-0.15, -0.1) is 0 Å². The number of rotatable bonds is 8. The number of benzene rings is 3. The zero-order valence-electron chi connectivity index (χ0n) is 17.8. The van der Waals surface area contributed by atoms with Gasteiger partial charge in [-0.2, -0.15) is 0 Å². The molecule has 0 radical (unpaired) electrons. The van der Waals surface area contributed by atoms with E-state index in [-0.39, 0.29) is 5.69 Å². The second-order valence-electron chi connectivity index (χ2n) is 7.69. The third-order valence-corrected chi connectivity index (χ3v) is 5.38. The Hall–Kier alpha value is -3.68. The Morgan fingerprint density at radius 2 is 1.84 bits per heavy atom. The van der Waals surface area contributed by atoms with Gasteiger partial charge in [-0.1, -0.05) is 49.4 Å². The minimum Gasteiger partial charge on any atom is -0.369 e. The Morgan fingerprint density at radius 1 is 1.09 bits per heavy atom. The number of aliphatic hydroxyl groups excluding tert-OH is 1. The quantitative estimate of drug-likeness (QED) is 0.232. The number of non-ortho nitro benzene ring substituents is 1. The fourth-order valence-corrected chi connectivity index (χ4v) is 3.79. The Morgan fingerprint density at radius 3 is 2.53 bits per heavy atom. The summed E-state index contributed by atoms with van der Waals surface area (Å²) < 4.78 is 0. The van der Waals surface area contributed by atoms with E-state index in [0.717, 1.165) is 30.8 Å². The molecule has 1 aliphatic rings. The van der Waals surface area contributed by atoms with Gasteiger partial charge in [0.15, 0.2) is 6.23 Å². The molecule has 32 heavy (non-hydrogen) atoms. The topological polar surface area (TPSA) is 99.5 Å². The SMILES string of the molecule is CCCNCc1ccc(N/C(=C2/c3cc([N+](=O)[O-])ccc3NC2O)c2ccccc2)cc1. The summed E-state index contributed by atoms with van der Waals surface area (Å²) in [7, 11) is 0. The van der Waals surface area contributed by atoms with E-state index in [1.54, 1.807) is 6.07 Å². The second-order valence-corrected chi connectivity index (χ2v) is 7.69. The molecule has 7 nitrogen and oxygen atoms in total. The van der Waals surface area contributed by atoms with Gasteiger partial charge in [0.25, 0.3) is 5.69 Å². The van der Waals surface area contributed by atoms with Crippen LogP contribution < -0.4 is 16.0 Å². The van der Waals surface area contributed by atoms with Crippen LogP contribution in [0.15, 0.2) is 72.8 Å².